The number of H-pyrrole nitrogens is 4. The van der Waals surface area contributed by atoms with Crippen LogP contribution in [0, 0.1) is 31.1 Å². The predicted octanol–water partition coefficient (Wildman–Crippen LogP) is 23.4. The minimum Gasteiger partial charge on any atom is -0.493 e. The highest BCUT2D eigenvalue weighted by atomic mass is 16.5. The van der Waals surface area contributed by atoms with Crippen molar-refractivity contribution >= 4 is 54.5 Å². The Hall–Kier alpha value is -11.7. The second kappa shape index (κ2) is 51.2. The molecule has 0 unspecified atom stereocenters. The molecule has 24 nitrogen and oxygen atoms in total. The van der Waals surface area contributed by atoms with Gasteiger partial charge in [-0.2, -0.15) is 30.8 Å². The van der Waals surface area contributed by atoms with Gasteiger partial charge in [-0.3, -0.25) is 30.0 Å². The first-order valence-electron chi connectivity index (χ1n) is 47.5. The Morgan fingerprint density at radius 2 is 0.840 bits per heavy atom. The summed E-state index contributed by atoms with van der Waals surface area (Å²) in [6.07, 6.45) is 18.5. The van der Waals surface area contributed by atoms with Crippen LogP contribution in [0.4, 0.5) is 0 Å². The van der Waals surface area contributed by atoms with Crippen molar-refractivity contribution < 1.29 is 33.2 Å². The van der Waals surface area contributed by atoms with Crippen LogP contribution in [-0.4, -0.2) is 183 Å². The summed E-state index contributed by atoms with van der Waals surface area (Å²) in [5.41, 5.74) is 14.9. The molecule has 14 aromatic rings. The Morgan fingerprint density at radius 3 is 1.27 bits per heavy atom. The van der Waals surface area contributed by atoms with Crippen molar-refractivity contribution in [3.8, 4) is 57.8 Å². The molecule has 0 atom stereocenters. The van der Waals surface area contributed by atoms with Gasteiger partial charge in [0.15, 0.2) is 11.5 Å². The van der Waals surface area contributed by atoms with Gasteiger partial charge in [0, 0.05) is 86.0 Å². The third kappa shape index (κ3) is 30.2. The molecule has 9 aromatic carbocycles. The van der Waals surface area contributed by atoms with Gasteiger partial charge in [-0.25, -0.2) is 0 Å². The first-order chi connectivity index (χ1) is 63.8. The molecule has 1 aliphatic heterocycles. The minimum absolute atomic E-state index is 0.0939. The molecule has 6 heterocycles. The zero-order valence-corrected chi connectivity index (χ0v) is 80.1. The Bertz CT molecular complexity index is 5650. The maximum absolute atomic E-state index is 8.97. The molecule has 5 aromatic heterocycles. The van der Waals surface area contributed by atoms with Gasteiger partial charge in [0.25, 0.3) is 0 Å². The molecule has 16 rings (SSSR count). The Balaban J connectivity index is 0.000000149. The van der Waals surface area contributed by atoms with E-state index in [9.17, 15) is 0 Å². The van der Waals surface area contributed by atoms with Crippen LogP contribution in [-0.2, 0) is 44.1 Å². The second-order valence-electron chi connectivity index (χ2n) is 35.6. The predicted molar refractivity (Wildman–Crippen MR) is 531 cm³/mol. The number of nitrogens with one attached hydrogen (secondary N) is 5. The van der Waals surface area contributed by atoms with E-state index in [2.05, 4.69) is 225 Å². The SMILES string of the molecule is CCCCN(C)Cc1[nH]nc2ccc(OCC3CCCCC3)cc12.CCCCN(C)Cc1[nH]nc2ccc(Oc3ccc(C)cc3)cc12.CCCCN(C)Cc1[nH]nc2ccc(Oc3ccc(C)cc3)cc12.CCCCN(C)Cc1[nH]nc2ccc(Oc3ccccc3OC(C)C)cc12.CNCCN(C)Cc1c2cc(OCc3ccc(C#N)cc3)ccc2nn1C1CCOCC1. The molecule has 0 bridgehead atoms. The first-order valence-corrected chi connectivity index (χ1v) is 47.5. The standard InChI is InChI=1S/C25H31N5O2.C22H29N3O2.2C20H25N3O.C20H31N3O/c1-27-11-12-29(2)17-25-23-15-22(32-18-20-5-3-19(16-26)4-6-20)7-8-24(23)28-30(25)21-9-13-31-14-10-21;1-5-6-13-25(4)15-20-18-14-17(11-12-19(18)23-24-20)27-22-10-8-7-9-21(22)26-16(2)3;2*1-4-5-12-23(3)14-20-18-13-17(10-11-19(18)21-22-20)24-16-8-6-15(2)7-9-16;1-3-4-12-23(2)14-20-18-13-17(10-11-19(18)21-22-20)24-15-16-8-6-5-7-9-16/h3-8,15,21,27H,9-14,17-18H2,1-2H3;7-12,14,16H,5-6,13,15H2,1-4H3,(H,23,24);2*6-11,13H,4-5,12,14H2,1-3H3,(H,21,22);10-11,13,16H,3-9,12,14-15H2,1-2H3,(H,21,22). The molecular formula is C107H141N17O7. The van der Waals surface area contributed by atoms with Crippen molar-refractivity contribution in [1.82, 2.24) is 80.4 Å². The summed E-state index contributed by atoms with van der Waals surface area (Å²) >= 11 is 0. The van der Waals surface area contributed by atoms with E-state index in [0.29, 0.717) is 18.2 Å². The van der Waals surface area contributed by atoms with Gasteiger partial charge in [-0.15, -0.1) is 0 Å². The summed E-state index contributed by atoms with van der Waals surface area (Å²) in [7, 11) is 12.7. The van der Waals surface area contributed by atoms with E-state index < -0.39 is 0 Å². The number of rotatable bonds is 40. The van der Waals surface area contributed by atoms with Crippen LogP contribution in [0.1, 0.15) is 195 Å². The van der Waals surface area contributed by atoms with Crippen LogP contribution < -0.4 is 33.7 Å². The number of hydrogen-bond acceptors (Lipinski definition) is 19. The van der Waals surface area contributed by atoms with E-state index in [0.717, 1.165) is 234 Å². The summed E-state index contributed by atoms with van der Waals surface area (Å²) < 4.78 is 43.9. The van der Waals surface area contributed by atoms with Crippen LogP contribution in [0.5, 0.6) is 51.7 Å². The van der Waals surface area contributed by atoms with E-state index in [1.165, 1.54) is 111 Å². The average molecular weight is 1780 g/mol. The number of ether oxygens (including phenoxy) is 7. The fraction of sp³-hybridized carbons (Fsp3) is 0.439. The smallest absolute Gasteiger partial charge is 0.169 e. The molecule has 1 saturated heterocycles. The summed E-state index contributed by atoms with van der Waals surface area (Å²) in [5.74, 6) is 8.17. The molecule has 0 spiro atoms. The molecule has 696 valence electrons. The monoisotopic (exact) mass is 1780 g/mol. The lowest BCUT2D eigenvalue weighted by Crippen LogP contribution is -2.29. The van der Waals surface area contributed by atoms with Gasteiger partial charge >= 0.3 is 0 Å². The summed E-state index contributed by atoms with van der Waals surface area (Å²) in [6, 6.07) is 64.5. The first kappa shape index (κ1) is 98.4. The van der Waals surface area contributed by atoms with Gasteiger partial charge in [0.1, 0.15) is 46.9 Å². The Kier molecular flexibility index (Phi) is 38.5. The van der Waals surface area contributed by atoms with Crippen molar-refractivity contribution in [1.29, 1.82) is 5.26 Å². The van der Waals surface area contributed by atoms with E-state index in [1.807, 2.05) is 142 Å². The van der Waals surface area contributed by atoms with Gasteiger partial charge in [-0.1, -0.05) is 132 Å². The average Bonchev–Trinajstić information content (AvgIpc) is 1.62. The van der Waals surface area contributed by atoms with Crippen molar-refractivity contribution in [2.75, 3.05) is 101 Å². The number of para-hydroxylation sites is 2. The largest absolute Gasteiger partial charge is 0.493 e. The number of aryl methyl sites for hydroxylation is 2. The lowest BCUT2D eigenvalue weighted by molar-refractivity contribution is 0.0650. The minimum atomic E-state index is 0.0939. The number of benzene rings is 9. The number of aromatic amines is 4. The van der Waals surface area contributed by atoms with Gasteiger partial charge in [0.2, 0.25) is 0 Å². The van der Waals surface area contributed by atoms with E-state index in [4.69, 9.17) is 43.5 Å². The Morgan fingerprint density at radius 1 is 0.443 bits per heavy atom. The quantitative estimate of drug-likeness (QED) is 0.0239. The van der Waals surface area contributed by atoms with Crippen LogP contribution in [0.3, 0.4) is 0 Å². The van der Waals surface area contributed by atoms with Gasteiger partial charge in [0.05, 0.1) is 86.4 Å². The molecular weight excluding hydrogens is 1640 g/mol. The molecule has 5 N–H and O–H groups in total. The van der Waals surface area contributed by atoms with Gasteiger partial charge < -0.3 is 58.1 Å². The molecule has 0 amide bonds. The molecule has 24 heteroatoms. The summed E-state index contributed by atoms with van der Waals surface area (Å²) in [6.45, 7) is 30.5. The second-order valence-corrected chi connectivity index (χ2v) is 35.6. The van der Waals surface area contributed by atoms with Gasteiger partial charge in [-0.05, 0) is 299 Å². The molecule has 1 saturated carbocycles. The lowest BCUT2D eigenvalue weighted by Gasteiger charge is -2.26. The normalized spacial score (nSPS) is 13.1. The van der Waals surface area contributed by atoms with Crippen LogP contribution >= 0.6 is 0 Å². The van der Waals surface area contributed by atoms with Crippen LogP contribution in [0.15, 0.2) is 188 Å². The van der Waals surface area contributed by atoms with Crippen molar-refractivity contribution in [2.24, 2.45) is 5.92 Å². The number of fused-ring (bicyclic) bond motifs is 5. The zero-order valence-electron chi connectivity index (χ0n) is 80.1. The fourth-order valence-electron chi connectivity index (χ4n) is 16.2. The maximum atomic E-state index is 8.97. The third-order valence-corrected chi connectivity index (χ3v) is 23.8. The molecule has 1 aliphatic carbocycles. The highest BCUT2D eigenvalue weighted by Gasteiger charge is 2.25. The number of aromatic nitrogens is 10. The summed E-state index contributed by atoms with van der Waals surface area (Å²) in [5, 5.41) is 53.3. The maximum Gasteiger partial charge on any atom is 0.169 e. The van der Waals surface area contributed by atoms with Crippen molar-refractivity contribution in [2.45, 2.75) is 203 Å². The van der Waals surface area contributed by atoms with Crippen LogP contribution in [0.2, 0.25) is 0 Å². The molecule has 2 fully saturated rings. The molecule has 131 heavy (non-hydrogen) atoms. The van der Waals surface area contributed by atoms with Crippen molar-refractivity contribution in [3.63, 3.8) is 0 Å². The topological polar surface area (TPSA) is 249 Å². The number of nitrogens with zero attached hydrogens (tertiary/aromatic N) is 12. The summed E-state index contributed by atoms with van der Waals surface area (Å²) in [4.78, 5) is 11.6. The number of unbranched alkanes of at least 4 members (excludes halogenated alkanes) is 4. The number of likely N-dealkylation sites (N-methyl/N-ethyl adjacent to an activating group) is 2. The van der Waals surface area contributed by atoms with E-state index in [-0.39, 0.29) is 6.10 Å². The van der Waals surface area contributed by atoms with Crippen molar-refractivity contribution in [3.05, 3.63) is 239 Å². The van der Waals surface area contributed by atoms with E-state index >= 15 is 0 Å². The lowest BCUT2D eigenvalue weighted by atomic mass is 9.90. The Labute approximate surface area is 776 Å². The number of hydrogen-bond donors (Lipinski definition) is 5. The molecule has 0 radical (unpaired) electrons. The fourth-order valence-corrected chi connectivity index (χ4v) is 16.2. The zero-order chi connectivity index (χ0) is 92.2. The van der Waals surface area contributed by atoms with Crippen LogP contribution in [0.25, 0.3) is 54.5 Å². The van der Waals surface area contributed by atoms with E-state index in [1.54, 1.807) is 0 Å². The molecule has 2 aliphatic rings. The highest BCUT2D eigenvalue weighted by molar-refractivity contribution is 5.86. The number of nitriles is 1. The third-order valence-electron chi connectivity index (χ3n) is 23.8. The highest BCUT2D eigenvalue weighted by Crippen LogP contribution is 2.37.